The molecule has 1 heterocycles. The number of hydrogen-bond donors (Lipinski definition) is 2. The van der Waals surface area contributed by atoms with Crippen LogP contribution in [0, 0.1) is 11.7 Å². The van der Waals surface area contributed by atoms with E-state index in [-0.39, 0.29) is 30.1 Å². The average Bonchev–Trinajstić information content (AvgIpc) is 2.61. The minimum atomic E-state index is -0.611. The maximum Gasteiger partial charge on any atom is 0.242 e. The number of nitrogens with one attached hydrogen (secondary N) is 1. The Labute approximate surface area is 158 Å². The quantitative estimate of drug-likeness (QED) is 0.773. The molecule has 0 bridgehead atoms. The molecule has 1 fully saturated rings. The highest BCUT2D eigenvalue weighted by Gasteiger charge is 2.23. The number of nitrogens with zero attached hydrogens (tertiary/aromatic N) is 2. The monoisotopic (exact) mass is 384 g/mol. The molecular formula is C18H26ClFN4O2. The van der Waals surface area contributed by atoms with Gasteiger partial charge in [-0.3, -0.25) is 14.5 Å². The van der Waals surface area contributed by atoms with E-state index >= 15 is 0 Å². The molecule has 0 saturated carbocycles. The van der Waals surface area contributed by atoms with Crippen LogP contribution in [0.5, 0.6) is 0 Å². The Morgan fingerprint density at radius 2 is 1.92 bits per heavy atom. The highest BCUT2D eigenvalue weighted by atomic mass is 35.5. The molecule has 8 heteroatoms. The SMILES string of the molecule is CC(C)[C@H](N)C(=O)NCC(=O)N1CCN(Cc2ccc(F)cc2Cl)CC1. The molecule has 1 aliphatic rings. The van der Waals surface area contributed by atoms with Crippen molar-refractivity contribution in [3.05, 3.63) is 34.6 Å². The van der Waals surface area contributed by atoms with Crippen molar-refractivity contribution >= 4 is 23.4 Å². The smallest absolute Gasteiger partial charge is 0.242 e. The van der Waals surface area contributed by atoms with Crippen LogP contribution in [0.2, 0.25) is 5.02 Å². The first-order chi connectivity index (χ1) is 12.3. The molecule has 0 aromatic heterocycles. The van der Waals surface area contributed by atoms with E-state index in [0.29, 0.717) is 37.7 Å². The van der Waals surface area contributed by atoms with Crippen LogP contribution in [0.15, 0.2) is 18.2 Å². The summed E-state index contributed by atoms with van der Waals surface area (Å²) in [5.74, 6) is -0.757. The van der Waals surface area contributed by atoms with Gasteiger partial charge in [0.05, 0.1) is 12.6 Å². The lowest BCUT2D eigenvalue weighted by Crippen LogP contribution is -2.52. The second-order valence-corrected chi connectivity index (χ2v) is 7.29. The van der Waals surface area contributed by atoms with E-state index < -0.39 is 6.04 Å². The first kappa shape index (κ1) is 20.6. The lowest BCUT2D eigenvalue weighted by molar-refractivity contribution is -0.134. The molecule has 26 heavy (non-hydrogen) atoms. The maximum absolute atomic E-state index is 13.1. The fraction of sp³-hybridized carbons (Fsp3) is 0.556. The Kier molecular flexibility index (Phi) is 7.37. The van der Waals surface area contributed by atoms with Crippen LogP contribution in [0.3, 0.4) is 0 Å². The summed E-state index contributed by atoms with van der Waals surface area (Å²) >= 11 is 6.06. The summed E-state index contributed by atoms with van der Waals surface area (Å²) in [5, 5.41) is 3.01. The third-order valence-corrected chi connectivity index (χ3v) is 4.92. The molecular weight excluding hydrogens is 359 g/mol. The molecule has 0 radical (unpaired) electrons. The van der Waals surface area contributed by atoms with Crippen molar-refractivity contribution in [2.24, 2.45) is 11.7 Å². The van der Waals surface area contributed by atoms with Gasteiger partial charge in [-0.2, -0.15) is 0 Å². The summed E-state index contributed by atoms with van der Waals surface area (Å²) in [4.78, 5) is 28.0. The molecule has 2 amide bonds. The number of piperazine rings is 1. The van der Waals surface area contributed by atoms with Gasteiger partial charge in [-0.25, -0.2) is 4.39 Å². The third-order valence-electron chi connectivity index (χ3n) is 4.57. The van der Waals surface area contributed by atoms with Crippen LogP contribution in [-0.4, -0.2) is 60.4 Å². The third kappa shape index (κ3) is 5.65. The Morgan fingerprint density at radius 1 is 1.27 bits per heavy atom. The van der Waals surface area contributed by atoms with Crippen molar-refractivity contribution in [2.75, 3.05) is 32.7 Å². The van der Waals surface area contributed by atoms with Gasteiger partial charge in [0.25, 0.3) is 0 Å². The van der Waals surface area contributed by atoms with Gasteiger partial charge < -0.3 is 16.0 Å². The molecule has 0 aliphatic carbocycles. The second kappa shape index (κ2) is 9.30. The highest BCUT2D eigenvalue weighted by molar-refractivity contribution is 6.31. The number of rotatable bonds is 6. The first-order valence-electron chi connectivity index (χ1n) is 8.75. The highest BCUT2D eigenvalue weighted by Crippen LogP contribution is 2.19. The molecule has 1 saturated heterocycles. The van der Waals surface area contributed by atoms with Crippen LogP contribution in [0.4, 0.5) is 4.39 Å². The van der Waals surface area contributed by atoms with Crippen molar-refractivity contribution in [3.8, 4) is 0 Å². The standard InChI is InChI=1S/C18H26ClFN4O2/c1-12(2)17(21)18(26)22-10-16(25)24-7-5-23(6-8-24)11-13-3-4-14(20)9-15(13)19/h3-4,9,12,17H,5-8,10-11,21H2,1-2H3,(H,22,26)/t17-/m0/s1. The molecule has 2 rings (SSSR count). The molecule has 0 spiro atoms. The molecule has 1 aromatic rings. The van der Waals surface area contributed by atoms with Crippen molar-refractivity contribution in [1.82, 2.24) is 15.1 Å². The van der Waals surface area contributed by atoms with Gasteiger partial charge in [-0.1, -0.05) is 31.5 Å². The van der Waals surface area contributed by atoms with E-state index in [1.165, 1.54) is 12.1 Å². The molecule has 3 N–H and O–H groups in total. The predicted octanol–water partition coefficient (Wildman–Crippen LogP) is 1.22. The van der Waals surface area contributed by atoms with E-state index in [0.717, 1.165) is 5.56 Å². The van der Waals surface area contributed by atoms with E-state index in [9.17, 15) is 14.0 Å². The zero-order chi connectivity index (χ0) is 19.3. The number of halogens is 2. The predicted molar refractivity (Wildman–Crippen MR) is 99.1 cm³/mol. The lowest BCUT2D eigenvalue weighted by Gasteiger charge is -2.35. The van der Waals surface area contributed by atoms with Gasteiger partial charge in [-0.05, 0) is 23.6 Å². The van der Waals surface area contributed by atoms with Gasteiger partial charge in [0, 0.05) is 37.7 Å². The fourth-order valence-electron chi connectivity index (χ4n) is 2.74. The Morgan fingerprint density at radius 3 is 2.50 bits per heavy atom. The number of carbonyl (C=O) groups excluding carboxylic acids is 2. The molecule has 1 aliphatic heterocycles. The first-order valence-corrected chi connectivity index (χ1v) is 9.13. The topological polar surface area (TPSA) is 78.7 Å². The Hall–Kier alpha value is -1.70. The molecule has 0 unspecified atom stereocenters. The van der Waals surface area contributed by atoms with Crippen LogP contribution < -0.4 is 11.1 Å². The van der Waals surface area contributed by atoms with Crippen LogP contribution in [0.1, 0.15) is 19.4 Å². The zero-order valence-electron chi connectivity index (χ0n) is 15.2. The molecule has 6 nitrogen and oxygen atoms in total. The lowest BCUT2D eigenvalue weighted by atomic mass is 10.1. The minimum Gasteiger partial charge on any atom is -0.346 e. The van der Waals surface area contributed by atoms with Crippen molar-refractivity contribution in [3.63, 3.8) is 0 Å². The summed E-state index contributed by atoms with van der Waals surface area (Å²) < 4.78 is 13.1. The number of carbonyl (C=O) groups is 2. The largest absolute Gasteiger partial charge is 0.346 e. The molecule has 1 atom stereocenters. The second-order valence-electron chi connectivity index (χ2n) is 6.88. The van der Waals surface area contributed by atoms with Crippen molar-refractivity contribution in [2.45, 2.75) is 26.4 Å². The van der Waals surface area contributed by atoms with Crippen LogP contribution >= 0.6 is 11.6 Å². The van der Waals surface area contributed by atoms with Gasteiger partial charge in [-0.15, -0.1) is 0 Å². The number of hydrogen-bond acceptors (Lipinski definition) is 4. The number of amides is 2. The molecule has 144 valence electrons. The summed E-state index contributed by atoms with van der Waals surface area (Å²) in [6.45, 7) is 6.83. The Bertz CT molecular complexity index is 648. The van der Waals surface area contributed by atoms with Crippen molar-refractivity contribution < 1.29 is 14.0 Å². The number of benzene rings is 1. The van der Waals surface area contributed by atoms with E-state index in [2.05, 4.69) is 10.2 Å². The van der Waals surface area contributed by atoms with Gasteiger partial charge >= 0.3 is 0 Å². The van der Waals surface area contributed by atoms with E-state index in [1.54, 1.807) is 11.0 Å². The average molecular weight is 385 g/mol. The summed E-state index contributed by atoms with van der Waals surface area (Å²) in [5.41, 5.74) is 6.62. The van der Waals surface area contributed by atoms with Crippen LogP contribution in [-0.2, 0) is 16.1 Å². The van der Waals surface area contributed by atoms with Crippen molar-refractivity contribution in [1.29, 1.82) is 0 Å². The zero-order valence-corrected chi connectivity index (χ0v) is 15.9. The maximum atomic E-state index is 13.1. The van der Waals surface area contributed by atoms with Gasteiger partial charge in [0.15, 0.2) is 0 Å². The number of nitrogens with two attached hydrogens (primary N) is 1. The fourth-order valence-corrected chi connectivity index (χ4v) is 2.97. The normalized spacial score (nSPS) is 16.6. The van der Waals surface area contributed by atoms with E-state index in [4.69, 9.17) is 17.3 Å². The summed E-state index contributed by atoms with van der Waals surface area (Å²) in [6, 6.07) is 3.77. The molecule has 1 aromatic carbocycles. The minimum absolute atomic E-state index is 0.0203. The van der Waals surface area contributed by atoms with Gasteiger partial charge in [0.2, 0.25) is 11.8 Å². The Balaban J connectivity index is 1.77. The van der Waals surface area contributed by atoms with Gasteiger partial charge in [0.1, 0.15) is 5.82 Å². The summed E-state index contributed by atoms with van der Waals surface area (Å²) in [6.07, 6.45) is 0. The van der Waals surface area contributed by atoms with E-state index in [1.807, 2.05) is 13.8 Å². The van der Waals surface area contributed by atoms with Crippen LogP contribution in [0.25, 0.3) is 0 Å². The summed E-state index contributed by atoms with van der Waals surface area (Å²) in [7, 11) is 0.